The highest BCUT2D eigenvalue weighted by Gasteiger charge is 2.41. The topological polar surface area (TPSA) is 84.4 Å². The minimum atomic E-state index is -3.10. The molecule has 1 spiro atoms. The number of sulfonamides is 1. The molecule has 1 N–H and O–H groups in total. The van der Waals surface area contributed by atoms with E-state index in [0.29, 0.717) is 25.6 Å². The van der Waals surface area contributed by atoms with Crippen LogP contribution in [0, 0.1) is 0 Å². The fraction of sp³-hybridized carbons (Fsp3) is 0.714. The monoisotopic (exact) mass is 326 g/mol. The summed E-state index contributed by atoms with van der Waals surface area (Å²) in [6.45, 7) is 1.75. The zero-order chi connectivity index (χ0) is 15.6. The van der Waals surface area contributed by atoms with Crippen LogP contribution in [0.3, 0.4) is 0 Å². The Morgan fingerprint density at radius 3 is 2.64 bits per heavy atom. The summed E-state index contributed by atoms with van der Waals surface area (Å²) in [5.74, 6) is 0.637. The van der Waals surface area contributed by atoms with Crippen molar-refractivity contribution in [3.8, 4) is 0 Å². The summed E-state index contributed by atoms with van der Waals surface area (Å²) in [4.78, 5) is 8.40. The van der Waals surface area contributed by atoms with E-state index in [9.17, 15) is 8.42 Å². The molecule has 0 saturated carbocycles. The number of nitrogens with zero attached hydrogens (tertiary/aromatic N) is 3. The summed E-state index contributed by atoms with van der Waals surface area (Å²) in [5, 5.41) is 3.36. The Kier molecular flexibility index (Phi) is 4.33. The van der Waals surface area contributed by atoms with Gasteiger partial charge in [-0.3, -0.25) is 0 Å². The molecule has 0 unspecified atom stereocenters. The number of anilines is 1. The third-order valence-corrected chi connectivity index (χ3v) is 5.80. The summed E-state index contributed by atoms with van der Waals surface area (Å²) in [7, 11) is -3.10. The number of rotatable bonds is 3. The molecule has 2 saturated heterocycles. The van der Waals surface area contributed by atoms with E-state index < -0.39 is 10.0 Å². The molecule has 1 aromatic rings. The van der Waals surface area contributed by atoms with E-state index in [0.717, 1.165) is 25.7 Å². The number of hydrogen-bond acceptors (Lipinski definition) is 6. The highest BCUT2D eigenvalue weighted by Crippen LogP contribution is 2.36. The Morgan fingerprint density at radius 2 is 2.00 bits per heavy atom. The first kappa shape index (κ1) is 15.6. The van der Waals surface area contributed by atoms with Crippen LogP contribution in [0.4, 0.5) is 5.95 Å². The standard InChI is InChI=1S/C14H22N4O3S/c1-22(19,20)18-8-4-14(5-9-18)11-12(3-10-21-14)17-13-15-6-2-7-16-13/h2,6-7,12H,3-5,8-11H2,1H3,(H,15,16,17)/t12-/m1/s1. The fourth-order valence-electron chi connectivity index (χ4n) is 3.28. The molecule has 3 heterocycles. The highest BCUT2D eigenvalue weighted by atomic mass is 32.2. The van der Waals surface area contributed by atoms with Gasteiger partial charge in [0.25, 0.3) is 0 Å². The predicted octanol–water partition coefficient (Wildman–Crippen LogP) is 0.862. The maximum atomic E-state index is 11.6. The summed E-state index contributed by atoms with van der Waals surface area (Å²) in [5.41, 5.74) is -0.216. The Labute approximate surface area is 131 Å². The molecule has 122 valence electrons. The van der Waals surface area contributed by atoms with Crippen LogP contribution < -0.4 is 5.32 Å². The number of hydrogen-bond donors (Lipinski definition) is 1. The summed E-state index contributed by atoms with van der Waals surface area (Å²) < 4.78 is 30.8. The molecule has 22 heavy (non-hydrogen) atoms. The van der Waals surface area contributed by atoms with Crippen LogP contribution in [0.5, 0.6) is 0 Å². The van der Waals surface area contributed by atoms with Gasteiger partial charge in [-0.15, -0.1) is 0 Å². The SMILES string of the molecule is CS(=O)(=O)N1CCC2(CC1)C[C@H](Nc1ncccn1)CCO2. The molecule has 3 rings (SSSR count). The van der Waals surface area contributed by atoms with Gasteiger partial charge in [0, 0.05) is 38.1 Å². The zero-order valence-corrected chi connectivity index (χ0v) is 13.6. The van der Waals surface area contributed by atoms with Crippen molar-refractivity contribution in [2.24, 2.45) is 0 Å². The molecule has 0 aromatic carbocycles. The number of nitrogens with one attached hydrogen (secondary N) is 1. The molecule has 0 amide bonds. The van der Waals surface area contributed by atoms with Crippen molar-refractivity contribution in [1.29, 1.82) is 0 Å². The molecule has 2 aliphatic rings. The van der Waals surface area contributed by atoms with Gasteiger partial charge in [0.1, 0.15) is 0 Å². The lowest BCUT2D eigenvalue weighted by Crippen LogP contribution is -2.52. The van der Waals surface area contributed by atoms with Crippen molar-refractivity contribution in [2.75, 3.05) is 31.3 Å². The maximum absolute atomic E-state index is 11.6. The van der Waals surface area contributed by atoms with Gasteiger partial charge in [0.15, 0.2) is 0 Å². The predicted molar refractivity (Wildman–Crippen MR) is 83.0 cm³/mol. The Bertz CT molecular complexity index is 600. The van der Waals surface area contributed by atoms with Crippen LogP contribution in [0.1, 0.15) is 25.7 Å². The van der Waals surface area contributed by atoms with Crippen molar-refractivity contribution in [3.05, 3.63) is 18.5 Å². The summed E-state index contributed by atoms with van der Waals surface area (Å²) in [6.07, 6.45) is 7.97. The van der Waals surface area contributed by atoms with Crippen LogP contribution in [0.25, 0.3) is 0 Å². The first-order valence-corrected chi connectivity index (χ1v) is 9.44. The molecule has 0 bridgehead atoms. The summed E-state index contributed by atoms with van der Waals surface area (Å²) >= 11 is 0. The second-order valence-electron chi connectivity index (χ2n) is 6.10. The van der Waals surface area contributed by atoms with Crippen LogP contribution in [0.2, 0.25) is 0 Å². The van der Waals surface area contributed by atoms with Crippen LogP contribution >= 0.6 is 0 Å². The molecule has 8 heteroatoms. The second kappa shape index (κ2) is 6.10. The Balaban J connectivity index is 1.61. The van der Waals surface area contributed by atoms with Gasteiger partial charge in [0.2, 0.25) is 16.0 Å². The Hall–Kier alpha value is -1.25. The van der Waals surface area contributed by atoms with Gasteiger partial charge in [-0.1, -0.05) is 0 Å². The molecule has 0 radical (unpaired) electrons. The molecule has 1 atom stereocenters. The minimum Gasteiger partial charge on any atom is -0.375 e. The maximum Gasteiger partial charge on any atom is 0.222 e. The Morgan fingerprint density at radius 1 is 1.32 bits per heavy atom. The first-order valence-electron chi connectivity index (χ1n) is 7.60. The molecule has 2 aliphatic heterocycles. The quantitative estimate of drug-likeness (QED) is 0.887. The highest BCUT2D eigenvalue weighted by molar-refractivity contribution is 7.88. The van der Waals surface area contributed by atoms with Crippen molar-refractivity contribution >= 4 is 16.0 Å². The van der Waals surface area contributed by atoms with Crippen LogP contribution in [-0.2, 0) is 14.8 Å². The average molecular weight is 326 g/mol. The molecule has 1 aromatic heterocycles. The third-order valence-electron chi connectivity index (χ3n) is 4.49. The smallest absolute Gasteiger partial charge is 0.222 e. The van der Waals surface area contributed by atoms with Gasteiger partial charge >= 0.3 is 0 Å². The van der Waals surface area contributed by atoms with E-state index >= 15 is 0 Å². The van der Waals surface area contributed by atoms with Gasteiger partial charge in [-0.05, 0) is 31.7 Å². The second-order valence-corrected chi connectivity index (χ2v) is 8.08. The lowest BCUT2D eigenvalue weighted by molar-refractivity contribution is -0.106. The number of piperidine rings is 1. The van der Waals surface area contributed by atoms with Crippen molar-refractivity contribution in [2.45, 2.75) is 37.3 Å². The normalized spacial score (nSPS) is 26.0. The average Bonchev–Trinajstić information content (AvgIpc) is 2.48. The molecular weight excluding hydrogens is 304 g/mol. The van der Waals surface area contributed by atoms with Crippen molar-refractivity contribution in [1.82, 2.24) is 14.3 Å². The van der Waals surface area contributed by atoms with Crippen molar-refractivity contribution in [3.63, 3.8) is 0 Å². The molecule has 7 nitrogen and oxygen atoms in total. The van der Waals surface area contributed by atoms with E-state index in [1.54, 1.807) is 22.8 Å². The summed E-state index contributed by atoms with van der Waals surface area (Å²) in [6, 6.07) is 2.05. The van der Waals surface area contributed by atoms with E-state index in [2.05, 4.69) is 15.3 Å². The van der Waals surface area contributed by atoms with E-state index in [4.69, 9.17) is 4.74 Å². The van der Waals surface area contributed by atoms with Crippen molar-refractivity contribution < 1.29 is 13.2 Å². The third kappa shape index (κ3) is 3.56. The molecule has 0 aliphatic carbocycles. The number of ether oxygens (including phenoxy) is 1. The zero-order valence-electron chi connectivity index (χ0n) is 12.7. The lowest BCUT2D eigenvalue weighted by Gasteiger charge is -2.45. The number of aromatic nitrogens is 2. The minimum absolute atomic E-state index is 0.216. The van der Waals surface area contributed by atoms with E-state index in [1.165, 1.54) is 6.26 Å². The van der Waals surface area contributed by atoms with Crippen LogP contribution in [-0.4, -0.2) is 60.3 Å². The van der Waals surface area contributed by atoms with Gasteiger partial charge in [0.05, 0.1) is 11.9 Å². The molecular formula is C14H22N4O3S. The van der Waals surface area contributed by atoms with Crippen LogP contribution in [0.15, 0.2) is 18.5 Å². The van der Waals surface area contributed by atoms with Gasteiger partial charge in [-0.25, -0.2) is 22.7 Å². The largest absolute Gasteiger partial charge is 0.375 e. The first-order chi connectivity index (χ1) is 10.5. The fourth-order valence-corrected chi connectivity index (χ4v) is 4.13. The van der Waals surface area contributed by atoms with Gasteiger partial charge < -0.3 is 10.1 Å². The lowest BCUT2D eigenvalue weighted by atomic mass is 9.83. The van der Waals surface area contributed by atoms with E-state index in [-0.39, 0.29) is 11.6 Å². The van der Waals surface area contributed by atoms with E-state index in [1.807, 2.05) is 0 Å². The van der Waals surface area contributed by atoms with Gasteiger partial charge in [-0.2, -0.15) is 0 Å². The molecule has 2 fully saturated rings.